The zero-order valence-corrected chi connectivity index (χ0v) is 14.8. The predicted octanol–water partition coefficient (Wildman–Crippen LogP) is 2.93. The molecule has 0 unspecified atom stereocenters. The zero-order valence-electron chi connectivity index (χ0n) is 14.8. The van der Waals surface area contributed by atoms with Crippen molar-refractivity contribution >= 4 is 17.5 Å². The van der Waals surface area contributed by atoms with Crippen LogP contribution in [-0.4, -0.2) is 31.1 Å². The first-order chi connectivity index (χ1) is 12.1. The number of benzene rings is 1. The highest BCUT2D eigenvalue weighted by Gasteiger charge is 2.14. The van der Waals surface area contributed by atoms with Crippen LogP contribution in [0.25, 0.3) is 0 Å². The lowest BCUT2D eigenvalue weighted by Crippen LogP contribution is -2.22. The number of aromatic nitrogens is 1. The summed E-state index contributed by atoms with van der Waals surface area (Å²) in [6, 6.07) is 11.7. The third-order valence-corrected chi connectivity index (χ3v) is 4.22. The summed E-state index contributed by atoms with van der Waals surface area (Å²) in [7, 11) is 1.64. The first-order valence-corrected chi connectivity index (χ1v) is 8.57. The average molecular weight is 339 g/mol. The van der Waals surface area contributed by atoms with Crippen molar-refractivity contribution in [3.63, 3.8) is 0 Å². The molecule has 0 spiro atoms. The third-order valence-electron chi connectivity index (χ3n) is 4.22. The standard InChI is InChI=1S/C19H25N5O/c1-14-11-15(12-18(22-14)24-9-3-4-10-24)13-21-19(20)23-16-5-7-17(25-2)8-6-16/h5-8,11-12H,3-4,9-10,13H2,1-2H3,(H3,20,21,23). The molecule has 0 atom stereocenters. The summed E-state index contributed by atoms with van der Waals surface area (Å²) in [6.45, 7) is 4.71. The van der Waals surface area contributed by atoms with Gasteiger partial charge in [0.1, 0.15) is 11.6 Å². The molecule has 1 aliphatic heterocycles. The van der Waals surface area contributed by atoms with Gasteiger partial charge in [-0.05, 0) is 61.7 Å². The van der Waals surface area contributed by atoms with E-state index in [1.807, 2.05) is 31.2 Å². The highest BCUT2D eigenvalue weighted by molar-refractivity contribution is 5.92. The first-order valence-electron chi connectivity index (χ1n) is 8.57. The van der Waals surface area contributed by atoms with Gasteiger partial charge in [-0.2, -0.15) is 0 Å². The largest absolute Gasteiger partial charge is 0.497 e. The lowest BCUT2D eigenvalue weighted by Gasteiger charge is -2.17. The highest BCUT2D eigenvalue weighted by atomic mass is 16.5. The monoisotopic (exact) mass is 339 g/mol. The number of nitrogens with zero attached hydrogens (tertiary/aromatic N) is 3. The van der Waals surface area contributed by atoms with Crippen molar-refractivity contribution in [3.8, 4) is 5.75 Å². The fraction of sp³-hybridized carbons (Fsp3) is 0.368. The van der Waals surface area contributed by atoms with Crippen molar-refractivity contribution < 1.29 is 4.74 Å². The maximum absolute atomic E-state index is 6.00. The van der Waals surface area contributed by atoms with Crippen molar-refractivity contribution in [1.29, 1.82) is 0 Å². The number of rotatable bonds is 5. The minimum atomic E-state index is 0.391. The molecule has 1 saturated heterocycles. The Morgan fingerprint density at radius 3 is 2.64 bits per heavy atom. The Hall–Kier alpha value is -2.76. The molecular formula is C19H25N5O. The average Bonchev–Trinajstić information content (AvgIpc) is 3.15. The van der Waals surface area contributed by atoms with E-state index in [1.54, 1.807) is 7.11 Å². The second-order valence-electron chi connectivity index (χ2n) is 6.22. The summed E-state index contributed by atoms with van der Waals surface area (Å²) in [5.41, 5.74) is 9.01. The van der Waals surface area contributed by atoms with Gasteiger partial charge in [-0.25, -0.2) is 9.98 Å². The molecular weight excluding hydrogens is 314 g/mol. The molecule has 25 heavy (non-hydrogen) atoms. The molecule has 132 valence electrons. The summed E-state index contributed by atoms with van der Waals surface area (Å²) < 4.78 is 5.14. The number of guanidine groups is 1. The van der Waals surface area contributed by atoms with Crippen LogP contribution in [-0.2, 0) is 6.54 Å². The van der Waals surface area contributed by atoms with Crippen molar-refractivity contribution in [2.24, 2.45) is 10.7 Å². The Bertz CT molecular complexity index is 736. The maximum Gasteiger partial charge on any atom is 0.193 e. The van der Waals surface area contributed by atoms with Gasteiger partial charge in [0.2, 0.25) is 0 Å². The fourth-order valence-corrected chi connectivity index (χ4v) is 2.96. The SMILES string of the molecule is COc1ccc(NC(N)=NCc2cc(C)nc(N3CCCC3)c2)cc1. The van der Waals surface area contributed by atoms with Gasteiger partial charge in [-0.3, -0.25) is 0 Å². The Balaban J connectivity index is 1.65. The molecule has 6 heteroatoms. The summed E-state index contributed by atoms with van der Waals surface area (Å²) in [4.78, 5) is 11.4. The van der Waals surface area contributed by atoms with Crippen molar-refractivity contribution in [3.05, 3.63) is 47.7 Å². The minimum Gasteiger partial charge on any atom is -0.497 e. The molecule has 1 aromatic heterocycles. The molecule has 1 aliphatic rings. The van der Waals surface area contributed by atoms with E-state index in [0.717, 1.165) is 41.6 Å². The molecule has 1 fully saturated rings. The van der Waals surface area contributed by atoms with E-state index in [2.05, 4.69) is 32.3 Å². The van der Waals surface area contributed by atoms with E-state index in [0.29, 0.717) is 12.5 Å². The number of pyridine rings is 1. The van der Waals surface area contributed by atoms with Crippen LogP contribution >= 0.6 is 0 Å². The summed E-state index contributed by atoms with van der Waals surface area (Å²) >= 11 is 0. The van der Waals surface area contributed by atoms with Gasteiger partial charge >= 0.3 is 0 Å². The topological polar surface area (TPSA) is 75.8 Å². The second-order valence-corrected chi connectivity index (χ2v) is 6.22. The number of methoxy groups -OCH3 is 1. The maximum atomic E-state index is 6.00. The van der Waals surface area contributed by atoms with Crippen LogP contribution < -0.4 is 20.7 Å². The molecule has 0 saturated carbocycles. The van der Waals surface area contributed by atoms with E-state index in [9.17, 15) is 0 Å². The quantitative estimate of drug-likeness (QED) is 0.647. The van der Waals surface area contributed by atoms with Crippen LogP contribution in [0.4, 0.5) is 11.5 Å². The van der Waals surface area contributed by atoms with E-state index in [1.165, 1.54) is 12.8 Å². The van der Waals surface area contributed by atoms with E-state index >= 15 is 0 Å². The highest BCUT2D eigenvalue weighted by Crippen LogP contribution is 2.20. The van der Waals surface area contributed by atoms with E-state index < -0.39 is 0 Å². The van der Waals surface area contributed by atoms with E-state index in [4.69, 9.17) is 10.5 Å². The number of hydrogen-bond acceptors (Lipinski definition) is 4. The summed E-state index contributed by atoms with van der Waals surface area (Å²) in [5.74, 6) is 2.24. The molecule has 0 radical (unpaired) electrons. The van der Waals surface area contributed by atoms with Crippen LogP contribution in [0, 0.1) is 6.92 Å². The molecule has 3 rings (SSSR count). The Kier molecular flexibility index (Phi) is 5.38. The molecule has 2 heterocycles. The number of aliphatic imine (C=N–C) groups is 1. The normalized spacial score (nSPS) is 14.6. The number of anilines is 2. The molecule has 6 nitrogen and oxygen atoms in total. The number of aryl methyl sites for hydroxylation is 1. The van der Waals surface area contributed by atoms with Crippen LogP contribution in [0.15, 0.2) is 41.4 Å². The predicted molar refractivity (Wildman–Crippen MR) is 102 cm³/mol. The van der Waals surface area contributed by atoms with Crippen molar-refractivity contribution in [2.75, 3.05) is 30.4 Å². The summed E-state index contributed by atoms with van der Waals surface area (Å²) in [6.07, 6.45) is 2.48. The number of ether oxygens (including phenoxy) is 1. The van der Waals surface area contributed by atoms with Crippen LogP contribution in [0.5, 0.6) is 5.75 Å². The first kappa shape index (κ1) is 17.1. The molecule has 0 amide bonds. The summed E-state index contributed by atoms with van der Waals surface area (Å²) in [5, 5.41) is 3.09. The zero-order chi connectivity index (χ0) is 17.6. The van der Waals surface area contributed by atoms with Gasteiger partial charge in [0.05, 0.1) is 13.7 Å². The fourth-order valence-electron chi connectivity index (χ4n) is 2.96. The molecule has 3 N–H and O–H groups in total. The number of nitrogens with one attached hydrogen (secondary N) is 1. The van der Waals surface area contributed by atoms with Crippen LogP contribution in [0.3, 0.4) is 0 Å². The third kappa shape index (κ3) is 4.62. The van der Waals surface area contributed by atoms with Gasteiger partial charge in [0.15, 0.2) is 5.96 Å². The molecule has 2 aromatic rings. The second kappa shape index (κ2) is 7.88. The lowest BCUT2D eigenvalue weighted by molar-refractivity contribution is 0.415. The molecule has 1 aromatic carbocycles. The van der Waals surface area contributed by atoms with E-state index in [-0.39, 0.29) is 0 Å². The van der Waals surface area contributed by atoms with Gasteiger partial charge in [-0.1, -0.05) is 0 Å². The van der Waals surface area contributed by atoms with Gasteiger partial charge in [-0.15, -0.1) is 0 Å². The van der Waals surface area contributed by atoms with Crippen molar-refractivity contribution in [1.82, 2.24) is 4.98 Å². The molecule has 0 bridgehead atoms. The van der Waals surface area contributed by atoms with Gasteiger partial charge in [0.25, 0.3) is 0 Å². The smallest absolute Gasteiger partial charge is 0.193 e. The van der Waals surface area contributed by atoms with Gasteiger partial charge in [0, 0.05) is 24.5 Å². The van der Waals surface area contributed by atoms with Crippen LogP contribution in [0.2, 0.25) is 0 Å². The molecule has 0 aliphatic carbocycles. The Labute approximate surface area is 148 Å². The van der Waals surface area contributed by atoms with Crippen molar-refractivity contribution in [2.45, 2.75) is 26.3 Å². The Morgan fingerprint density at radius 1 is 1.24 bits per heavy atom. The van der Waals surface area contributed by atoms with Crippen LogP contribution in [0.1, 0.15) is 24.1 Å². The minimum absolute atomic E-state index is 0.391. The number of hydrogen-bond donors (Lipinski definition) is 2. The van der Waals surface area contributed by atoms with Gasteiger partial charge < -0.3 is 20.7 Å². The lowest BCUT2D eigenvalue weighted by atomic mass is 10.2. The Morgan fingerprint density at radius 2 is 1.96 bits per heavy atom. The number of nitrogens with two attached hydrogens (primary N) is 1.